The predicted molar refractivity (Wildman–Crippen MR) is 58.3 cm³/mol. The van der Waals surface area contributed by atoms with Crippen molar-refractivity contribution in [3.63, 3.8) is 0 Å². The third-order valence-corrected chi connectivity index (χ3v) is 2.53. The second-order valence-corrected chi connectivity index (χ2v) is 3.56. The van der Waals surface area contributed by atoms with Crippen molar-refractivity contribution in [2.75, 3.05) is 36.8 Å². The highest BCUT2D eigenvalue weighted by molar-refractivity contribution is 5.65. The minimum atomic E-state index is -0.872. The molecule has 7 heteroatoms. The molecule has 0 atom stereocenters. The van der Waals surface area contributed by atoms with Crippen molar-refractivity contribution in [3.8, 4) is 0 Å². The first kappa shape index (κ1) is 10.5. The fourth-order valence-electron chi connectivity index (χ4n) is 1.62. The maximum Gasteiger partial charge on any atom is 0.407 e. The van der Waals surface area contributed by atoms with E-state index < -0.39 is 6.09 Å². The van der Waals surface area contributed by atoms with Crippen LogP contribution < -0.4 is 10.6 Å². The van der Waals surface area contributed by atoms with Gasteiger partial charge in [0.1, 0.15) is 11.6 Å². The van der Waals surface area contributed by atoms with E-state index in [1.807, 2.05) is 4.90 Å². The zero-order valence-corrected chi connectivity index (χ0v) is 8.70. The lowest BCUT2D eigenvalue weighted by molar-refractivity contribution is 0.142. The first-order chi connectivity index (χ1) is 7.66. The zero-order valence-electron chi connectivity index (χ0n) is 8.70. The van der Waals surface area contributed by atoms with Crippen LogP contribution >= 0.6 is 0 Å². The number of amides is 1. The van der Waals surface area contributed by atoms with Crippen LogP contribution in [0.15, 0.2) is 12.4 Å². The molecule has 2 heterocycles. The Morgan fingerprint density at radius 1 is 1.25 bits per heavy atom. The van der Waals surface area contributed by atoms with E-state index in [1.54, 1.807) is 6.20 Å². The summed E-state index contributed by atoms with van der Waals surface area (Å²) in [6.07, 6.45) is 2.23. The molecule has 1 amide bonds. The molecular formula is C9H13N5O2. The van der Waals surface area contributed by atoms with Gasteiger partial charge >= 0.3 is 6.09 Å². The third-order valence-electron chi connectivity index (χ3n) is 2.53. The summed E-state index contributed by atoms with van der Waals surface area (Å²) in [5, 5.41) is 8.79. The van der Waals surface area contributed by atoms with E-state index in [1.165, 1.54) is 11.1 Å². The van der Waals surface area contributed by atoms with Crippen molar-refractivity contribution in [2.45, 2.75) is 0 Å². The van der Waals surface area contributed by atoms with E-state index in [9.17, 15) is 4.79 Å². The molecule has 1 fully saturated rings. The van der Waals surface area contributed by atoms with Crippen LogP contribution in [0, 0.1) is 0 Å². The van der Waals surface area contributed by atoms with E-state index in [0.29, 0.717) is 32.0 Å². The summed E-state index contributed by atoms with van der Waals surface area (Å²) in [4.78, 5) is 22.2. The summed E-state index contributed by atoms with van der Waals surface area (Å²) in [5.74, 6) is 1.12. The standard InChI is InChI=1S/C9H13N5O2/c10-7-5-12-8(6-11-7)13-1-3-14(4-2-13)9(15)16/h5-6H,1-4H2,(H2,10,11)(H,15,16). The van der Waals surface area contributed by atoms with Crippen LogP contribution in [0.4, 0.5) is 16.4 Å². The van der Waals surface area contributed by atoms with Crippen LogP contribution in [-0.4, -0.2) is 52.2 Å². The van der Waals surface area contributed by atoms with Crippen molar-refractivity contribution in [2.24, 2.45) is 0 Å². The Kier molecular flexibility index (Phi) is 2.76. The predicted octanol–water partition coefficient (Wildman–Crippen LogP) is -0.141. The van der Waals surface area contributed by atoms with Crippen molar-refractivity contribution < 1.29 is 9.90 Å². The molecule has 16 heavy (non-hydrogen) atoms. The van der Waals surface area contributed by atoms with Gasteiger partial charge in [-0.15, -0.1) is 0 Å². The van der Waals surface area contributed by atoms with E-state index in [2.05, 4.69) is 9.97 Å². The number of anilines is 2. The lowest BCUT2D eigenvalue weighted by Crippen LogP contribution is -2.48. The fourth-order valence-corrected chi connectivity index (χ4v) is 1.62. The Morgan fingerprint density at radius 3 is 2.44 bits per heavy atom. The number of hydrogen-bond acceptors (Lipinski definition) is 5. The van der Waals surface area contributed by atoms with Crippen molar-refractivity contribution in [1.29, 1.82) is 0 Å². The summed E-state index contributed by atoms with van der Waals surface area (Å²) >= 11 is 0. The quantitative estimate of drug-likeness (QED) is 0.688. The van der Waals surface area contributed by atoms with Gasteiger partial charge in [-0.05, 0) is 0 Å². The maximum atomic E-state index is 10.7. The summed E-state index contributed by atoms with van der Waals surface area (Å²) in [7, 11) is 0. The highest BCUT2D eigenvalue weighted by atomic mass is 16.4. The third kappa shape index (κ3) is 2.13. The van der Waals surface area contributed by atoms with Gasteiger partial charge in [0.05, 0.1) is 12.4 Å². The smallest absolute Gasteiger partial charge is 0.407 e. The lowest BCUT2D eigenvalue weighted by Gasteiger charge is -2.33. The molecule has 0 radical (unpaired) electrons. The van der Waals surface area contributed by atoms with Gasteiger partial charge in [0.15, 0.2) is 0 Å². The topological polar surface area (TPSA) is 95.6 Å². The van der Waals surface area contributed by atoms with Gasteiger partial charge < -0.3 is 20.6 Å². The summed E-state index contributed by atoms with van der Waals surface area (Å²) in [6.45, 7) is 2.23. The number of piperazine rings is 1. The average molecular weight is 223 g/mol. The van der Waals surface area contributed by atoms with Gasteiger partial charge in [-0.2, -0.15) is 0 Å². The lowest BCUT2D eigenvalue weighted by atomic mass is 10.3. The number of nitrogens with two attached hydrogens (primary N) is 1. The molecule has 2 rings (SSSR count). The van der Waals surface area contributed by atoms with Crippen LogP contribution in [0.25, 0.3) is 0 Å². The number of nitrogen functional groups attached to an aromatic ring is 1. The molecule has 3 N–H and O–H groups in total. The summed E-state index contributed by atoms with van der Waals surface area (Å²) < 4.78 is 0. The second-order valence-electron chi connectivity index (χ2n) is 3.56. The Morgan fingerprint density at radius 2 is 1.94 bits per heavy atom. The molecule has 0 saturated carbocycles. The maximum absolute atomic E-state index is 10.7. The normalized spacial score (nSPS) is 16.2. The molecule has 1 saturated heterocycles. The number of hydrogen-bond donors (Lipinski definition) is 2. The molecule has 0 unspecified atom stereocenters. The second kappa shape index (κ2) is 4.21. The molecule has 0 spiro atoms. The van der Waals surface area contributed by atoms with E-state index in [-0.39, 0.29) is 0 Å². The highest BCUT2D eigenvalue weighted by Gasteiger charge is 2.21. The Bertz CT molecular complexity index is 372. The van der Waals surface area contributed by atoms with Crippen LogP contribution in [0.2, 0.25) is 0 Å². The van der Waals surface area contributed by atoms with Gasteiger partial charge in [0.25, 0.3) is 0 Å². The Balaban J connectivity index is 1.99. The zero-order chi connectivity index (χ0) is 11.5. The number of carbonyl (C=O) groups is 1. The highest BCUT2D eigenvalue weighted by Crippen LogP contribution is 2.12. The SMILES string of the molecule is Nc1cnc(N2CCN(C(=O)O)CC2)cn1. The summed E-state index contributed by atoms with van der Waals surface area (Å²) in [6, 6.07) is 0. The minimum absolute atomic E-state index is 0.382. The van der Waals surface area contributed by atoms with Crippen molar-refractivity contribution in [3.05, 3.63) is 12.4 Å². The molecule has 0 aromatic carbocycles. The summed E-state index contributed by atoms with van der Waals surface area (Å²) in [5.41, 5.74) is 5.44. The molecule has 1 aliphatic heterocycles. The Hall–Kier alpha value is -2.05. The van der Waals surface area contributed by atoms with Gasteiger partial charge in [-0.1, -0.05) is 0 Å². The molecule has 0 aliphatic carbocycles. The van der Waals surface area contributed by atoms with Gasteiger partial charge in [-0.3, -0.25) is 0 Å². The van der Waals surface area contributed by atoms with Crippen LogP contribution in [0.5, 0.6) is 0 Å². The minimum Gasteiger partial charge on any atom is -0.465 e. The van der Waals surface area contributed by atoms with Gasteiger partial charge in [0, 0.05) is 26.2 Å². The molecular weight excluding hydrogens is 210 g/mol. The number of rotatable bonds is 1. The van der Waals surface area contributed by atoms with E-state index >= 15 is 0 Å². The van der Waals surface area contributed by atoms with Crippen molar-refractivity contribution in [1.82, 2.24) is 14.9 Å². The number of aromatic nitrogens is 2. The van der Waals surface area contributed by atoms with E-state index in [4.69, 9.17) is 10.8 Å². The molecule has 0 bridgehead atoms. The Labute approximate surface area is 92.5 Å². The first-order valence-electron chi connectivity index (χ1n) is 4.97. The largest absolute Gasteiger partial charge is 0.465 e. The van der Waals surface area contributed by atoms with Gasteiger partial charge in [0.2, 0.25) is 0 Å². The molecule has 1 aliphatic rings. The fraction of sp³-hybridized carbons (Fsp3) is 0.444. The first-order valence-corrected chi connectivity index (χ1v) is 4.97. The molecule has 86 valence electrons. The number of nitrogens with zero attached hydrogens (tertiary/aromatic N) is 4. The molecule has 7 nitrogen and oxygen atoms in total. The van der Waals surface area contributed by atoms with Crippen LogP contribution in [0.1, 0.15) is 0 Å². The van der Waals surface area contributed by atoms with E-state index in [0.717, 1.165) is 5.82 Å². The molecule has 1 aromatic rings. The molecule has 1 aromatic heterocycles. The van der Waals surface area contributed by atoms with Crippen LogP contribution in [-0.2, 0) is 0 Å². The monoisotopic (exact) mass is 223 g/mol. The number of carboxylic acid groups (broad SMARTS) is 1. The van der Waals surface area contributed by atoms with Crippen LogP contribution in [0.3, 0.4) is 0 Å². The average Bonchev–Trinajstić information content (AvgIpc) is 2.30. The van der Waals surface area contributed by atoms with Gasteiger partial charge in [-0.25, -0.2) is 14.8 Å². The van der Waals surface area contributed by atoms with Crippen molar-refractivity contribution >= 4 is 17.7 Å².